The first-order valence-corrected chi connectivity index (χ1v) is 8.01. The molecule has 0 radical (unpaired) electrons. The van der Waals surface area contributed by atoms with E-state index in [1.54, 1.807) is 6.92 Å². The Balaban J connectivity index is 2.16. The number of nitrogens with zero attached hydrogens (tertiary/aromatic N) is 1. The molecule has 0 aliphatic heterocycles. The van der Waals surface area contributed by atoms with E-state index in [4.69, 9.17) is 20.0 Å². The topological polar surface area (TPSA) is 108 Å². The van der Waals surface area contributed by atoms with Crippen molar-refractivity contribution in [1.82, 2.24) is 4.98 Å². The largest absolute Gasteiger partial charge is 0.490 e. The molecule has 1 aromatic carbocycles. The van der Waals surface area contributed by atoms with Crippen LogP contribution >= 0.6 is 0 Å². The zero-order valence-corrected chi connectivity index (χ0v) is 14.2. The second-order valence-electron chi connectivity index (χ2n) is 5.47. The molecule has 0 saturated heterocycles. The Hall–Kier alpha value is -2.68. The number of carbonyl (C=O) groups is 1. The Morgan fingerprint density at radius 1 is 1.35 bits per heavy atom. The number of aliphatic carboxylic acids is 1. The highest BCUT2D eigenvalue weighted by Crippen LogP contribution is 2.34. The van der Waals surface area contributed by atoms with Crippen molar-refractivity contribution >= 4 is 5.97 Å². The summed E-state index contributed by atoms with van der Waals surface area (Å²) in [5.41, 5.74) is 6.73. The van der Waals surface area contributed by atoms with Gasteiger partial charge in [0.15, 0.2) is 11.5 Å². The number of aryl methyl sites for hydroxylation is 1. The summed E-state index contributed by atoms with van der Waals surface area (Å²) in [5, 5.41) is 8.61. The number of halogens is 2. The van der Waals surface area contributed by atoms with Gasteiger partial charge in [-0.2, -0.15) is 8.78 Å². The molecule has 2 aromatic rings. The molecule has 0 unspecified atom stereocenters. The van der Waals surface area contributed by atoms with Gasteiger partial charge in [0.05, 0.1) is 18.8 Å². The quantitative estimate of drug-likeness (QED) is 0.618. The first kappa shape index (κ1) is 19.6. The summed E-state index contributed by atoms with van der Waals surface area (Å²) >= 11 is 0. The van der Waals surface area contributed by atoms with Crippen LogP contribution in [-0.4, -0.2) is 29.3 Å². The summed E-state index contributed by atoms with van der Waals surface area (Å²) in [6.07, 6.45) is 0.889. The molecule has 9 heteroatoms. The predicted octanol–water partition coefficient (Wildman–Crippen LogP) is 3.34. The van der Waals surface area contributed by atoms with Crippen molar-refractivity contribution in [3.8, 4) is 23.0 Å². The highest BCUT2D eigenvalue weighted by molar-refractivity contribution is 5.66. The Morgan fingerprint density at radius 3 is 2.73 bits per heavy atom. The van der Waals surface area contributed by atoms with Crippen LogP contribution in [0.3, 0.4) is 0 Å². The molecular weight excluding hydrogens is 350 g/mol. The number of alkyl halides is 2. The van der Waals surface area contributed by atoms with Crippen LogP contribution in [0.5, 0.6) is 11.5 Å². The Bertz CT molecular complexity index is 749. The number of hydrogen-bond donors (Lipinski definition) is 2. The number of hydrogen-bond acceptors (Lipinski definition) is 6. The Kier molecular flexibility index (Phi) is 6.90. The van der Waals surface area contributed by atoms with E-state index in [0.29, 0.717) is 35.7 Å². The van der Waals surface area contributed by atoms with E-state index in [1.807, 2.05) is 0 Å². The molecule has 0 aliphatic rings. The van der Waals surface area contributed by atoms with Crippen molar-refractivity contribution < 1.29 is 32.6 Å². The number of aromatic nitrogens is 1. The molecule has 26 heavy (non-hydrogen) atoms. The number of nitrogens with two attached hydrogens (primary N) is 1. The number of carboxylic acid groups (broad SMARTS) is 1. The van der Waals surface area contributed by atoms with E-state index >= 15 is 0 Å². The van der Waals surface area contributed by atoms with Gasteiger partial charge in [-0.05, 0) is 38.0 Å². The zero-order valence-electron chi connectivity index (χ0n) is 14.2. The molecule has 2 rings (SSSR count). The fourth-order valence-corrected chi connectivity index (χ4v) is 2.25. The summed E-state index contributed by atoms with van der Waals surface area (Å²) in [5.74, 6) is -0.0948. The molecular formula is C17H20F2N2O5. The van der Waals surface area contributed by atoms with Crippen molar-refractivity contribution in [3.05, 3.63) is 29.7 Å². The molecule has 7 nitrogen and oxygen atoms in total. The minimum absolute atomic E-state index is 0.0151. The first-order chi connectivity index (χ1) is 12.4. The number of rotatable bonds is 10. The van der Waals surface area contributed by atoms with E-state index in [-0.39, 0.29) is 31.1 Å². The van der Waals surface area contributed by atoms with E-state index < -0.39 is 12.6 Å². The number of oxazole rings is 1. The van der Waals surface area contributed by atoms with Gasteiger partial charge >= 0.3 is 12.6 Å². The molecule has 1 aromatic heterocycles. The van der Waals surface area contributed by atoms with Gasteiger partial charge in [0.1, 0.15) is 5.76 Å². The van der Waals surface area contributed by atoms with Gasteiger partial charge in [-0.1, -0.05) is 0 Å². The molecule has 0 aliphatic carbocycles. The van der Waals surface area contributed by atoms with Crippen LogP contribution in [-0.2, 0) is 11.3 Å². The van der Waals surface area contributed by atoms with Crippen LogP contribution < -0.4 is 15.2 Å². The highest BCUT2D eigenvalue weighted by Gasteiger charge is 2.16. The van der Waals surface area contributed by atoms with Crippen LogP contribution in [0, 0.1) is 6.92 Å². The molecule has 142 valence electrons. The highest BCUT2D eigenvalue weighted by atomic mass is 19.3. The SMILES string of the molecule is Cc1nc(-c2ccc(OC(F)F)c(OCCCCC(=O)O)c2)oc1CN. The number of unbranched alkanes of at least 4 members (excludes halogenated alkanes) is 1. The lowest BCUT2D eigenvalue weighted by Crippen LogP contribution is -2.06. The summed E-state index contributed by atoms with van der Waals surface area (Å²) in [6.45, 7) is -0.889. The summed E-state index contributed by atoms with van der Waals surface area (Å²) in [6, 6.07) is 4.36. The van der Waals surface area contributed by atoms with Gasteiger partial charge in [0.2, 0.25) is 5.89 Å². The lowest BCUT2D eigenvalue weighted by Gasteiger charge is -2.13. The third kappa shape index (κ3) is 5.41. The monoisotopic (exact) mass is 370 g/mol. The number of carboxylic acids is 1. The van der Waals surface area contributed by atoms with Crippen molar-refractivity contribution in [2.75, 3.05) is 6.61 Å². The van der Waals surface area contributed by atoms with Gasteiger partial charge in [-0.25, -0.2) is 4.98 Å². The van der Waals surface area contributed by atoms with Crippen LogP contribution in [0.2, 0.25) is 0 Å². The zero-order chi connectivity index (χ0) is 19.1. The molecule has 0 saturated carbocycles. The van der Waals surface area contributed by atoms with Crippen LogP contribution in [0.15, 0.2) is 22.6 Å². The van der Waals surface area contributed by atoms with Gasteiger partial charge in [-0.15, -0.1) is 0 Å². The standard InChI is InChI=1S/C17H20F2N2O5/c1-10-14(9-20)25-16(21-10)11-5-6-12(26-17(18)19)13(8-11)24-7-3-2-4-15(22)23/h5-6,8,17H,2-4,7,9,20H2,1H3,(H,22,23). The van der Waals surface area contributed by atoms with Gasteiger partial charge in [-0.3, -0.25) is 4.79 Å². The second-order valence-corrected chi connectivity index (χ2v) is 5.47. The molecule has 1 heterocycles. The Labute approximate surface area is 148 Å². The molecule has 0 fully saturated rings. The van der Waals surface area contributed by atoms with Crippen LogP contribution in [0.4, 0.5) is 8.78 Å². The van der Waals surface area contributed by atoms with Crippen molar-refractivity contribution in [2.45, 2.75) is 39.3 Å². The van der Waals surface area contributed by atoms with E-state index in [9.17, 15) is 13.6 Å². The normalized spacial score (nSPS) is 11.0. The van der Waals surface area contributed by atoms with E-state index in [1.165, 1.54) is 18.2 Å². The number of ether oxygens (including phenoxy) is 2. The fourth-order valence-electron chi connectivity index (χ4n) is 2.25. The van der Waals surface area contributed by atoms with Gasteiger partial charge in [0.25, 0.3) is 0 Å². The maximum atomic E-state index is 12.6. The summed E-state index contributed by atoms with van der Waals surface area (Å²) in [7, 11) is 0. The third-order valence-electron chi connectivity index (χ3n) is 3.53. The minimum Gasteiger partial charge on any atom is -0.490 e. The second kappa shape index (κ2) is 9.14. The Morgan fingerprint density at radius 2 is 2.12 bits per heavy atom. The van der Waals surface area contributed by atoms with Gasteiger partial charge < -0.3 is 24.7 Å². The molecule has 0 atom stereocenters. The van der Waals surface area contributed by atoms with Crippen molar-refractivity contribution in [2.24, 2.45) is 5.73 Å². The predicted molar refractivity (Wildman–Crippen MR) is 88.2 cm³/mol. The van der Waals surface area contributed by atoms with E-state index in [2.05, 4.69) is 9.72 Å². The van der Waals surface area contributed by atoms with Gasteiger partial charge in [0, 0.05) is 12.0 Å². The van der Waals surface area contributed by atoms with Crippen LogP contribution in [0.25, 0.3) is 11.5 Å². The molecule has 0 spiro atoms. The fraction of sp³-hybridized carbons (Fsp3) is 0.412. The van der Waals surface area contributed by atoms with Crippen molar-refractivity contribution in [1.29, 1.82) is 0 Å². The third-order valence-corrected chi connectivity index (χ3v) is 3.53. The molecule has 0 bridgehead atoms. The van der Waals surface area contributed by atoms with Crippen LogP contribution in [0.1, 0.15) is 30.7 Å². The smallest absolute Gasteiger partial charge is 0.387 e. The summed E-state index contributed by atoms with van der Waals surface area (Å²) < 4.78 is 40.6. The molecule has 3 N–H and O–H groups in total. The number of benzene rings is 1. The average Bonchev–Trinajstić information content (AvgIpc) is 2.96. The maximum Gasteiger partial charge on any atom is 0.387 e. The maximum absolute atomic E-state index is 12.6. The lowest BCUT2D eigenvalue weighted by molar-refractivity contribution is -0.137. The summed E-state index contributed by atoms with van der Waals surface area (Å²) in [4.78, 5) is 14.7. The molecule has 0 amide bonds. The lowest BCUT2D eigenvalue weighted by atomic mass is 10.2. The van der Waals surface area contributed by atoms with Crippen molar-refractivity contribution in [3.63, 3.8) is 0 Å². The first-order valence-electron chi connectivity index (χ1n) is 8.01. The van der Waals surface area contributed by atoms with E-state index in [0.717, 1.165) is 0 Å². The minimum atomic E-state index is -3.00. The average molecular weight is 370 g/mol.